The van der Waals surface area contributed by atoms with Gasteiger partial charge in [-0.3, -0.25) is 0 Å². The Hall–Kier alpha value is -4.82. The number of aryl methyl sites for hydroxylation is 1. The van der Waals surface area contributed by atoms with Crippen LogP contribution in [0.5, 0.6) is 0 Å². The highest BCUT2D eigenvalue weighted by molar-refractivity contribution is 6.10. The van der Waals surface area contributed by atoms with Gasteiger partial charge in [0, 0.05) is 27.8 Å². The summed E-state index contributed by atoms with van der Waals surface area (Å²) in [5.74, 6) is 0. The molecule has 1 aromatic heterocycles. The summed E-state index contributed by atoms with van der Waals surface area (Å²) < 4.78 is 2.48. The molecule has 0 spiro atoms. The lowest BCUT2D eigenvalue weighted by Gasteiger charge is -2.21. The molecule has 1 aliphatic carbocycles. The van der Waals surface area contributed by atoms with Crippen molar-refractivity contribution in [3.05, 3.63) is 139 Å². The number of rotatable bonds is 4. The highest BCUT2D eigenvalue weighted by atomic mass is 15.0. The van der Waals surface area contributed by atoms with Crippen molar-refractivity contribution >= 4 is 44.0 Å². The highest BCUT2D eigenvalue weighted by Crippen LogP contribution is 2.37. The molecule has 1 aliphatic rings. The molecule has 1 N–H and O–H groups in total. The smallest absolute Gasteiger partial charge is 0.0542 e. The lowest BCUT2D eigenvalue weighted by Crippen LogP contribution is -2.08. The monoisotopic (exact) mass is 514 g/mol. The molecule has 0 amide bonds. The Labute approximate surface area is 234 Å². The molecular formula is C38H30N2. The van der Waals surface area contributed by atoms with Crippen LogP contribution in [0.25, 0.3) is 49.4 Å². The van der Waals surface area contributed by atoms with Gasteiger partial charge in [0.15, 0.2) is 0 Å². The van der Waals surface area contributed by atoms with E-state index in [0.29, 0.717) is 0 Å². The number of nitrogens with zero attached hydrogens (tertiary/aromatic N) is 1. The zero-order chi connectivity index (χ0) is 26.5. The van der Waals surface area contributed by atoms with Crippen LogP contribution in [-0.4, -0.2) is 4.57 Å². The predicted molar refractivity (Wildman–Crippen MR) is 170 cm³/mol. The quantitative estimate of drug-likeness (QED) is 0.247. The molecule has 2 heteroatoms. The van der Waals surface area contributed by atoms with Crippen LogP contribution in [0.3, 0.4) is 0 Å². The minimum absolute atomic E-state index is 1.09. The molecule has 1 heterocycles. The molecule has 0 radical (unpaired) electrons. The van der Waals surface area contributed by atoms with Gasteiger partial charge in [-0.25, -0.2) is 0 Å². The van der Waals surface area contributed by atoms with Crippen LogP contribution >= 0.6 is 0 Å². The fourth-order valence-electron chi connectivity index (χ4n) is 6.56. The van der Waals surface area contributed by atoms with Crippen molar-refractivity contribution in [2.45, 2.75) is 25.7 Å². The van der Waals surface area contributed by atoms with Crippen molar-refractivity contribution in [1.82, 2.24) is 4.57 Å². The Kier molecular flexibility index (Phi) is 5.44. The van der Waals surface area contributed by atoms with Gasteiger partial charge in [-0.2, -0.15) is 0 Å². The molecule has 0 saturated heterocycles. The first-order valence-electron chi connectivity index (χ1n) is 14.3. The van der Waals surface area contributed by atoms with E-state index < -0.39 is 0 Å². The van der Waals surface area contributed by atoms with Gasteiger partial charge in [0.2, 0.25) is 0 Å². The lowest BCUT2D eigenvalue weighted by atomic mass is 9.90. The third kappa shape index (κ3) is 3.87. The normalized spacial score (nSPS) is 13.1. The zero-order valence-electron chi connectivity index (χ0n) is 22.4. The Bertz CT molecular complexity index is 2030. The van der Waals surface area contributed by atoms with Crippen molar-refractivity contribution in [2.24, 2.45) is 0 Å². The molecule has 7 aromatic rings. The van der Waals surface area contributed by atoms with Crippen LogP contribution in [0.15, 0.2) is 127 Å². The average molecular weight is 515 g/mol. The largest absolute Gasteiger partial charge is 0.356 e. The van der Waals surface area contributed by atoms with Crippen molar-refractivity contribution in [1.29, 1.82) is 0 Å². The van der Waals surface area contributed by atoms with Crippen molar-refractivity contribution in [2.75, 3.05) is 5.32 Å². The van der Waals surface area contributed by atoms with Gasteiger partial charge in [-0.1, -0.05) is 78.9 Å². The maximum absolute atomic E-state index is 3.66. The molecule has 0 bridgehead atoms. The van der Waals surface area contributed by atoms with E-state index in [0.717, 1.165) is 17.8 Å². The Morgan fingerprint density at radius 3 is 2.17 bits per heavy atom. The van der Waals surface area contributed by atoms with Crippen LogP contribution in [-0.2, 0) is 12.8 Å². The second-order valence-corrected chi connectivity index (χ2v) is 11.0. The van der Waals surface area contributed by atoms with Crippen molar-refractivity contribution in [3.8, 4) is 16.8 Å². The van der Waals surface area contributed by atoms with Crippen LogP contribution in [0.1, 0.15) is 24.0 Å². The molecule has 40 heavy (non-hydrogen) atoms. The topological polar surface area (TPSA) is 17.0 Å². The van der Waals surface area contributed by atoms with E-state index in [2.05, 4.69) is 137 Å². The Morgan fingerprint density at radius 1 is 0.500 bits per heavy atom. The van der Waals surface area contributed by atoms with E-state index in [-0.39, 0.29) is 0 Å². The number of benzene rings is 6. The summed E-state index contributed by atoms with van der Waals surface area (Å²) in [5.41, 5.74) is 11.6. The minimum Gasteiger partial charge on any atom is -0.356 e. The van der Waals surface area contributed by atoms with Gasteiger partial charge in [-0.05, 0) is 107 Å². The number of hydrogen-bond donors (Lipinski definition) is 1. The number of fused-ring (bicyclic) bond motifs is 5. The van der Waals surface area contributed by atoms with E-state index in [1.165, 1.54) is 79.8 Å². The first kappa shape index (κ1) is 23.1. The summed E-state index contributed by atoms with van der Waals surface area (Å²) in [6, 6.07) is 46.4. The molecule has 8 rings (SSSR count). The second kappa shape index (κ2) is 9.43. The SMILES string of the molecule is c1cc2c(c(-n3c4ccccc4c4cc(Nc5ccc(-c6ccc7ccccc7c6)cc5)ccc43)c1)CCCC2. The van der Waals surface area contributed by atoms with Gasteiger partial charge >= 0.3 is 0 Å². The molecule has 192 valence electrons. The first-order chi connectivity index (χ1) is 19.8. The minimum atomic E-state index is 1.09. The molecule has 2 nitrogen and oxygen atoms in total. The van der Waals surface area contributed by atoms with E-state index >= 15 is 0 Å². The van der Waals surface area contributed by atoms with Crippen LogP contribution in [0.4, 0.5) is 11.4 Å². The summed E-state index contributed by atoms with van der Waals surface area (Å²) >= 11 is 0. The summed E-state index contributed by atoms with van der Waals surface area (Å²) in [6.07, 6.45) is 4.92. The number of anilines is 2. The summed E-state index contributed by atoms with van der Waals surface area (Å²) in [4.78, 5) is 0. The van der Waals surface area contributed by atoms with Crippen LogP contribution < -0.4 is 5.32 Å². The highest BCUT2D eigenvalue weighted by Gasteiger charge is 2.18. The molecule has 0 fully saturated rings. The zero-order valence-corrected chi connectivity index (χ0v) is 22.4. The molecule has 0 atom stereocenters. The number of aromatic nitrogens is 1. The second-order valence-electron chi connectivity index (χ2n) is 11.0. The average Bonchev–Trinajstić information content (AvgIpc) is 3.34. The Balaban J connectivity index is 1.16. The third-order valence-electron chi connectivity index (χ3n) is 8.54. The van der Waals surface area contributed by atoms with Gasteiger partial charge in [0.1, 0.15) is 0 Å². The van der Waals surface area contributed by atoms with E-state index in [9.17, 15) is 0 Å². The fourth-order valence-corrected chi connectivity index (χ4v) is 6.56. The number of para-hydroxylation sites is 1. The third-order valence-corrected chi connectivity index (χ3v) is 8.54. The number of nitrogens with one attached hydrogen (secondary N) is 1. The van der Waals surface area contributed by atoms with Gasteiger partial charge in [0.05, 0.1) is 11.0 Å². The lowest BCUT2D eigenvalue weighted by molar-refractivity contribution is 0.682. The van der Waals surface area contributed by atoms with E-state index in [1.807, 2.05) is 0 Å². The van der Waals surface area contributed by atoms with Gasteiger partial charge < -0.3 is 9.88 Å². The van der Waals surface area contributed by atoms with E-state index in [1.54, 1.807) is 0 Å². The van der Waals surface area contributed by atoms with E-state index in [4.69, 9.17) is 0 Å². The first-order valence-corrected chi connectivity index (χ1v) is 14.3. The van der Waals surface area contributed by atoms with Crippen LogP contribution in [0, 0.1) is 0 Å². The maximum Gasteiger partial charge on any atom is 0.0542 e. The Morgan fingerprint density at radius 2 is 1.25 bits per heavy atom. The summed E-state index contributed by atoms with van der Waals surface area (Å²) in [7, 11) is 0. The van der Waals surface area contributed by atoms with Crippen molar-refractivity contribution in [3.63, 3.8) is 0 Å². The molecule has 6 aromatic carbocycles. The number of hydrogen-bond acceptors (Lipinski definition) is 1. The standard InChI is InChI=1S/C38H30N2/c1-2-10-29-24-30(17-16-26(29)8-1)27-18-20-31(21-19-27)39-32-22-23-38-35(25-32)34-13-5-6-14-37(34)40(38)36-15-7-11-28-9-3-4-12-33(28)36/h1-2,5-8,10-11,13-25,39H,3-4,9,12H2. The molecule has 0 aliphatic heterocycles. The van der Waals surface area contributed by atoms with Crippen molar-refractivity contribution < 1.29 is 0 Å². The molecule has 0 unspecified atom stereocenters. The summed E-state index contributed by atoms with van der Waals surface area (Å²) in [6.45, 7) is 0. The maximum atomic E-state index is 3.66. The molecule has 0 saturated carbocycles. The summed E-state index contributed by atoms with van der Waals surface area (Å²) in [5, 5.41) is 8.77. The molecular weight excluding hydrogens is 484 g/mol. The van der Waals surface area contributed by atoms with Crippen LogP contribution in [0.2, 0.25) is 0 Å². The van der Waals surface area contributed by atoms with Gasteiger partial charge in [-0.15, -0.1) is 0 Å². The predicted octanol–water partition coefficient (Wildman–Crippen LogP) is 10.2. The van der Waals surface area contributed by atoms with Gasteiger partial charge in [0.25, 0.3) is 0 Å². The fraction of sp³-hybridized carbons (Fsp3) is 0.105.